The Kier molecular flexibility index (Phi) is 4.03. The Balaban J connectivity index is 1.56. The quantitative estimate of drug-likeness (QED) is 0.842. The Morgan fingerprint density at radius 1 is 1.12 bits per heavy atom. The second-order valence-electron chi connectivity index (χ2n) is 6.49. The van der Waals surface area contributed by atoms with Crippen LogP contribution < -0.4 is 4.31 Å². The van der Waals surface area contributed by atoms with Crippen molar-refractivity contribution >= 4 is 21.6 Å². The van der Waals surface area contributed by atoms with E-state index in [4.69, 9.17) is 4.42 Å². The molecule has 1 aromatic carbocycles. The SMILES string of the molecule is O=C(c1ccco1)N1CCCC(S(=O)(=O)N2CCc3ccccc32)C1. The van der Waals surface area contributed by atoms with Crippen LogP contribution in [0.15, 0.2) is 47.1 Å². The number of hydrogen-bond donors (Lipinski definition) is 0. The van der Waals surface area contributed by atoms with Gasteiger partial charge in [0.25, 0.3) is 5.91 Å². The van der Waals surface area contributed by atoms with Crippen LogP contribution in [0.25, 0.3) is 0 Å². The van der Waals surface area contributed by atoms with Crippen LogP contribution >= 0.6 is 0 Å². The standard InChI is InChI=1S/C18H20N2O4S/c21-18(17-8-4-12-24-17)19-10-3-6-15(13-19)25(22,23)20-11-9-14-5-1-2-7-16(14)20/h1-2,4-5,7-8,12,15H,3,6,9-11,13H2. The fraction of sp³-hybridized carbons (Fsp3) is 0.389. The monoisotopic (exact) mass is 360 g/mol. The Bertz CT molecular complexity index is 876. The predicted octanol–water partition coefficient (Wildman–Crippen LogP) is 2.28. The maximum atomic E-state index is 13.2. The smallest absolute Gasteiger partial charge is 0.289 e. The van der Waals surface area contributed by atoms with Crippen LogP contribution in [-0.4, -0.2) is 44.1 Å². The van der Waals surface area contributed by atoms with E-state index in [1.165, 1.54) is 10.6 Å². The molecule has 1 fully saturated rings. The summed E-state index contributed by atoms with van der Waals surface area (Å²) in [6.45, 7) is 1.24. The van der Waals surface area contributed by atoms with Crippen molar-refractivity contribution in [2.24, 2.45) is 0 Å². The number of para-hydroxylation sites is 1. The van der Waals surface area contributed by atoms with Crippen molar-refractivity contribution in [2.45, 2.75) is 24.5 Å². The molecule has 132 valence electrons. The third-order valence-corrected chi connectivity index (χ3v) is 7.19. The number of hydrogen-bond acceptors (Lipinski definition) is 4. The molecule has 1 aromatic heterocycles. The summed E-state index contributed by atoms with van der Waals surface area (Å²) in [5.41, 5.74) is 1.84. The molecule has 4 rings (SSSR count). The van der Waals surface area contributed by atoms with Crippen LogP contribution in [-0.2, 0) is 16.4 Å². The molecular formula is C18H20N2O4S. The highest BCUT2D eigenvalue weighted by atomic mass is 32.2. The molecule has 0 saturated carbocycles. The van der Waals surface area contributed by atoms with E-state index < -0.39 is 15.3 Å². The summed E-state index contributed by atoms with van der Waals surface area (Å²) >= 11 is 0. The highest BCUT2D eigenvalue weighted by Gasteiger charge is 2.39. The van der Waals surface area contributed by atoms with Gasteiger partial charge in [0.05, 0.1) is 17.2 Å². The molecule has 3 heterocycles. The zero-order chi connectivity index (χ0) is 17.4. The predicted molar refractivity (Wildman–Crippen MR) is 94.0 cm³/mol. The largest absolute Gasteiger partial charge is 0.459 e. The number of amides is 1. The number of likely N-dealkylation sites (tertiary alicyclic amines) is 1. The van der Waals surface area contributed by atoms with Gasteiger partial charge in [0.2, 0.25) is 10.0 Å². The number of rotatable bonds is 3. The lowest BCUT2D eigenvalue weighted by Gasteiger charge is -2.34. The van der Waals surface area contributed by atoms with E-state index in [1.807, 2.05) is 24.3 Å². The second kappa shape index (κ2) is 6.22. The first kappa shape index (κ1) is 16.2. The van der Waals surface area contributed by atoms with Gasteiger partial charge in [0.15, 0.2) is 5.76 Å². The van der Waals surface area contributed by atoms with Gasteiger partial charge in [-0.3, -0.25) is 9.10 Å². The van der Waals surface area contributed by atoms with Crippen LogP contribution in [0, 0.1) is 0 Å². The molecule has 7 heteroatoms. The molecule has 0 radical (unpaired) electrons. The van der Waals surface area contributed by atoms with Crippen LogP contribution in [0.4, 0.5) is 5.69 Å². The molecule has 2 aliphatic heterocycles. The number of fused-ring (bicyclic) bond motifs is 1. The maximum Gasteiger partial charge on any atom is 0.289 e. The molecule has 25 heavy (non-hydrogen) atoms. The zero-order valence-electron chi connectivity index (χ0n) is 13.8. The minimum atomic E-state index is -3.50. The average molecular weight is 360 g/mol. The van der Waals surface area contributed by atoms with Crippen LogP contribution in [0.5, 0.6) is 0 Å². The number of carbonyl (C=O) groups excluding carboxylic acids is 1. The molecule has 0 aliphatic carbocycles. The first-order chi connectivity index (χ1) is 12.1. The highest BCUT2D eigenvalue weighted by molar-refractivity contribution is 7.93. The fourth-order valence-electron chi connectivity index (χ4n) is 3.67. The van der Waals surface area contributed by atoms with E-state index in [0.717, 1.165) is 17.7 Å². The third-order valence-electron chi connectivity index (χ3n) is 4.97. The summed E-state index contributed by atoms with van der Waals surface area (Å²) < 4.78 is 33.0. The van der Waals surface area contributed by atoms with Crippen molar-refractivity contribution in [3.8, 4) is 0 Å². The van der Waals surface area contributed by atoms with Gasteiger partial charge < -0.3 is 9.32 Å². The van der Waals surface area contributed by atoms with E-state index in [-0.39, 0.29) is 18.2 Å². The molecule has 2 aliphatic rings. The summed E-state index contributed by atoms with van der Waals surface area (Å²) in [5.74, 6) is 0.0105. The van der Waals surface area contributed by atoms with Crippen molar-refractivity contribution < 1.29 is 17.6 Å². The van der Waals surface area contributed by atoms with Crippen LogP contribution in [0.2, 0.25) is 0 Å². The lowest BCUT2D eigenvalue weighted by molar-refractivity contribution is 0.0694. The highest BCUT2D eigenvalue weighted by Crippen LogP contribution is 2.33. The van der Waals surface area contributed by atoms with Crippen molar-refractivity contribution in [2.75, 3.05) is 23.9 Å². The zero-order valence-corrected chi connectivity index (χ0v) is 14.6. The maximum absolute atomic E-state index is 13.2. The van der Waals surface area contributed by atoms with Gasteiger partial charge >= 0.3 is 0 Å². The van der Waals surface area contributed by atoms with E-state index in [2.05, 4.69) is 0 Å². The van der Waals surface area contributed by atoms with Crippen molar-refractivity contribution in [3.05, 3.63) is 54.0 Å². The minimum absolute atomic E-state index is 0.209. The molecule has 1 saturated heterocycles. The number of anilines is 1. The normalized spacial score (nSPS) is 20.6. The van der Waals surface area contributed by atoms with Crippen molar-refractivity contribution in [1.29, 1.82) is 0 Å². The van der Waals surface area contributed by atoms with Gasteiger partial charge in [0.1, 0.15) is 0 Å². The number of carbonyl (C=O) groups is 1. The Morgan fingerprint density at radius 3 is 2.76 bits per heavy atom. The van der Waals surface area contributed by atoms with Gasteiger partial charge in [-0.25, -0.2) is 8.42 Å². The fourth-order valence-corrected chi connectivity index (χ4v) is 5.66. The molecule has 1 atom stereocenters. The summed E-state index contributed by atoms with van der Waals surface area (Å²) in [5, 5.41) is -0.577. The van der Waals surface area contributed by atoms with E-state index in [0.29, 0.717) is 25.9 Å². The van der Waals surface area contributed by atoms with E-state index in [9.17, 15) is 13.2 Å². The third kappa shape index (κ3) is 2.82. The number of benzene rings is 1. The Labute approximate surface area is 147 Å². The molecule has 0 N–H and O–H groups in total. The van der Waals surface area contributed by atoms with Gasteiger partial charge in [-0.15, -0.1) is 0 Å². The lowest BCUT2D eigenvalue weighted by atomic mass is 10.1. The van der Waals surface area contributed by atoms with Gasteiger partial charge in [-0.1, -0.05) is 18.2 Å². The molecule has 2 aromatic rings. The van der Waals surface area contributed by atoms with E-state index >= 15 is 0 Å². The van der Waals surface area contributed by atoms with E-state index in [1.54, 1.807) is 17.0 Å². The number of furan rings is 1. The van der Waals surface area contributed by atoms with Crippen LogP contribution in [0.1, 0.15) is 29.0 Å². The number of piperidine rings is 1. The van der Waals surface area contributed by atoms with Crippen molar-refractivity contribution in [3.63, 3.8) is 0 Å². The molecule has 0 bridgehead atoms. The minimum Gasteiger partial charge on any atom is -0.459 e. The van der Waals surface area contributed by atoms with Gasteiger partial charge in [-0.05, 0) is 43.0 Å². The van der Waals surface area contributed by atoms with Crippen LogP contribution in [0.3, 0.4) is 0 Å². The van der Waals surface area contributed by atoms with Gasteiger partial charge in [0, 0.05) is 19.6 Å². The first-order valence-electron chi connectivity index (χ1n) is 8.49. The number of sulfonamides is 1. The first-order valence-corrected chi connectivity index (χ1v) is 10.00. The molecule has 6 nitrogen and oxygen atoms in total. The molecule has 1 unspecified atom stereocenters. The summed E-state index contributed by atoms with van der Waals surface area (Å²) in [7, 11) is -3.50. The Morgan fingerprint density at radius 2 is 1.96 bits per heavy atom. The Hall–Kier alpha value is -2.28. The molecular weight excluding hydrogens is 340 g/mol. The topological polar surface area (TPSA) is 70.8 Å². The summed E-state index contributed by atoms with van der Waals surface area (Å²) in [6.07, 6.45) is 3.43. The second-order valence-corrected chi connectivity index (χ2v) is 8.63. The van der Waals surface area contributed by atoms with Gasteiger partial charge in [-0.2, -0.15) is 0 Å². The molecule has 1 amide bonds. The average Bonchev–Trinajstić information content (AvgIpc) is 3.31. The number of nitrogens with zero attached hydrogens (tertiary/aromatic N) is 2. The van der Waals surface area contributed by atoms with Crippen molar-refractivity contribution in [1.82, 2.24) is 4.90 Å². The lowest BCUT2D eigenvalue weighted by Crippen LogP contribution is -2.49. The summed E-state index contributed by atoms with van der Waals surface area (Å²) in [6, 6.07) is 10.9. The molecule has 0 spiro atoms. The summed E-state index contributed by atoms with van der Waals surface area (Å²) in [4.78, 5) is 14.1.